The first-order chi connectivity index (χ1) is 10.3. The van der Waals surface area contributed by atoms with Crippen molar-refractivity contribution in [2.75, 3.05) is 0 Å². The Hall–Kier alpha value is -1.55. The van der Waals surface area contributed by atoms with Gasteiger partial charge in [0.15, 0.2) is 0 Å². The van der Waals surface area contributed by atoms with Crippen LogP contribution in [0.4, 0.5) is 0 Å². The molecule has 0 saturated carbocycles. The average Bonchev–Trinajstić information content (AvgIpc) is 2.50. The second-order valence-electron chi connectivity index (χ2n) is 5.59. The van der Waals surface area contributed by atoms with Gasteiger partial charge in [-0.15, -0.1) is 0 Å². The van der Waals surface area contributed by atoms with Crippen LogP contribution in [-0.4, -0.2) is 11.9 Å². The van der Waals surface area contributed by atoms with E-state index >= 15 is 0 Å². The summed E-state index contributed by atoms with van der Waals surface area (Å²) in [5.41, 5.74) is 12.8. The normalized spacial score (nSPS) is 15.1. The molecule has 2 atom stereocenters. The minimum Gasteiger partial charge on any atom is -0.368 e. The van der Waals surface area contributed by atoms with Crippen molar-refractivity contribution in [2.45, 2.75) is 24.8 Å². The predicted octanol–water partition coefficient (Wildman–Crippen LogP) is 3.31. The number of hydrogen-bond acceptors (Lipinski definition) is 2. The van der Waals surface area contributed by atoms with Crippen LogP contribution in [0.25, 0.3) is 0 Å². The molecule has 116 valence electrons. The largest absolute Gasteiger partial charge is 0.368 e. The number of rotatable bonds is 5. The summed E-state index contributed by atoms with van der Waals surface area (Å²) in [5.74, 6) is -0.551. The van der Waals surface area contributed by atoms with Crippen molar-refractivity contribution >= 4 is 29.1 Å². The number of carbonyl (C=O) groups is 1. The third-order valence-corrected chi connectivity index (χ3v) is 4.73. The fourth-order valence-corrected chi connectivity index (χ4v) is 2.87. The second-order valence-corrected chi connectivity index (χ2v) is 6.40. The fourth-order valence-electron chi connectivity index (χ4n) is 2.58. The minimum atomic E-state index is -0.843. The van der Waals surface area contributed by atoms with Crippen molar-refractivity contribution in [3.05, 3.63) is 69.7 Å². The minimum absolute atomic E-state index is 0.426. The van der Waals surface area contributed by atoms with E-state index in [0.29, 0.717) is 16.5 Å². The van der Waals surface area contributed by atoms with Crippen LogP contribution >= 0.6 is 23.2 Å². The standard InChI is InChI=1S/C17H18Cl2N2O/c1-17(15(20)16(21)22,10-11-5-3-2-4-6-11)12-7-8-13(18)14(19)9-12/h2-9,15H,10,20H2,1H3,(H2,21,22). The molecule has 2 aromatic carbocycles. The number of carbonyl (C=O) groups excluding carboxylic acids is 1. The number of halogens is 2. The van der Waals surface area contributed by atoms with Gasteiger partial charge in [0, 0.05) is 5.41 Å². The van der Waals surface area contributed by atoms with Gasteiger partial charge < -0.3 is 11.5 Å². The molecule has 5 heteroatoms. The number of primary amides is 1. The Morgan fingerprint density at radius 1 is 1.14 bits per heavy atom. The van der Waals surface area contributed by atoms with E-state index in [4.69, 9.17) is 34.7 Å². The van der Waals surface area contributed by atoms with Crippen LogP contribution < -0.4 is 11.5 Å². The third kappa shape index (κ3) is 3.43. The highest BCUT2D eigenvalue weighted by molar-refractivity contribution is 6.42. The SMILES string of the molecule is CC(Cc1ccccc1)(c1ccc(Cl)c(Cl)c1)C(N)C(N)=O. The topological polar surface area (TPSA) is 69.1 Å². The lowest BCUT2D eigenvalue weighted by molar-refractivity contribution is -0.120. The zero-order valence-corrected chi connectivity index (χ0v) is 13.7. The summed E-state index contributed by atoms with van der Waals surface area (Å²) in [4.78, 5) is 11.7. The molecule has 0 radical (unpaired) electrons. The van der Waals surface area contributed by atoms with Gasteiger partial charge in [-0.05, 0) is 29.7 Å². The van der Waals surface area contributed by atoms with Crippen molar-refractivity contribution in [1.29, 1.82) is 0 Å². The van der Waals surface area contributed by atoms with Crippen molar-refractivity contribution in [3.63, 3.8) is 0 Å². The maximum atomic E-state index is 11.7. The molecule has 0 saturated heterocycles. The Labute approximate surface area is 140 Å². The summed E-state index contributed by atoms with van der Waals surface area (Å²) in [5, 5.41) is 0.884. The van der Waals surface area contributed by atoms with Crippen molar-refractivity contribution in [1.82, 2.24) is 0 Å². The average molecular weight is 337 g/mol. The molecule has 0 heterocycles. The van der Waals surface area contributed by atoms with Crippen molar-refractivity contribution in [3.8, 4) is 0 Å². The molecule has 2 unspecified atom stereocenters. The van der Waals surface area contributed by atoms with Crippen LogP contribution in [0.1, 0.15) is 18.1 Å². The highest BCUT2D eigenvalue weighted by Gasteiger charge is 2.37. The first-order valence-corrected chi connectivity index (χ1v) is 7.64. The third-order valence-electron chi connectivity index (χ3n) is 3.99. The number of amides is 1. The van der Waals surface area contributed by atoms with Gasteiger partial charge in [-0.1, -0.05) is 66.5 Å². The van der Waals surface area contributed by atoms with Crippen molar-refractivity contribution < 1.29 is 4.79 Å². The molecule has 2 rings (SSSR count). The molecule has 0 aliphatic rings. The molecular formula is C17H18Cl2N2O. The highest BCUT2D eigenvalue weighted by Crippen LogP contribution is 2.34. The zero-order chi connectivity index (χ0) is 16.3. The molecule has 4 N–H and O–H groups in total. The quantitative estimate of drug-likeness (QED) is 0.879. The first kappa shape index (κ1) is 16.8. The maximum Gasteiger partial charge on any atom is 0.235 e. The summed E-state index contributed by atoms with van der Waals surface area (Å²) in [6, 6.07) is 14.2. The number of hydrogen-bond donors (Lipinski definition) is 2. The number of benzene rings is 2. The monoisotopic (exact) mass is 336 g/mol. The van der Waals surface area contributed by atoms with E-state index in [0.717, 1.165) is 11.1 Å². The Bertz CT molecular complexity index is 676. The van der Waals surface area contributed by atoms with E-state index in [1.807, 2.05) is 43.3 Å². The first-order valence-electron chi connectivity index (χ1n) is 6.89. The van der Waals surface area contributed by atoms with Crippen molar-refractivity contribution in [2.24, 2.45) is 11.5 Å². The summed E-state index contributed by atoms with van der Waals surface area (Å²) < 4.78 is 0. The van der Waals surface area contributed by atoms with Crippen LogP contribution in [0, 0.1) is 0 Å². The van der Waals surface area contributed by atoms with Crippen LogP contribution in [0.2, 0.25) is 10.0 Å². The lowest BCUT2D eigenvalue weighted by Gasteiger charge is -2.35. The van der Waals surface area contributed by atoms with Gasteiger partial charge in [0.1, 0.15) is 0 Å². The molecule has 3 nitrogen and oxygen atoms in total. The van der Waals surface area contributed by atoms with Crippen LogP contribution in [0.15, 0.2) is 48.5 Å². The Morgan fingerprint density at radius 3 is 2.32 bits per heavy atom. The van der Waals surface area contributed by atoms with Crippen LogP contribution in [0.3, 0.4) is 0 Å². The van der Waals surface area contributed by atoms with E-state index < -0.39 is 17.4 Å². The van der Waals surface area contributed by atoms with E-state index in [-0.39, 0.29) is 0 Å². The lowest BCUT2D eigenvalue weighted by atomic mass is 9.71. The smallest absolute Gasteiger partial charge is 0.235 e. The van der Waals surface area contributed by atoms with Gasteiger partial charge in [0.2, 0.25) is 5.91 Å². The van der Waals surface area contributed by atoms with Crippen LogP contribution in [-0.2, 0) is 16.6 Å². The van der Waals surface area contributed by atoms with E-state index in [2.05, 4.69) is 0 Å². The predicted molar refractivity (Wildman–Crippen MR) is 91.1 cm³/mol. The molecule has 0 aliphatic heterocycles. The fraction of sp³-hybridized carbons (Fsp3) is 0.235. The van der Waals surface area contributed by atoms with Crippen LogP contribution in [0.5, 0.6) is 0 Å². The van der Waals surface area contributed by atoms with Gasteiger partial charge in [-0.25, -0.2) is 0 Å². The summed E-state index contributed by atoms with van der Waals surface area (Å²) >= 11 is 12.1. The van der Waals surface area contributed by atoms with Gasteiger partial charge >= 0.3 is 0 Å². The zero-order valence-electron chi connectivity index (χ0n) is 12.2. The molecule has 0 aliphatic carbocycles. The molecule has 22 heavy (non-hydrogen) atoms. The van der Waals surface area contributed by atoms with E-state index in [1.54, 1.807) is 12.1 Å². The van der Waals surface area contributed by atoms with Gasteiger partial charge in [-0.2, -0.15) is 0 Å². The van der Waals surface area contributed by atoms with Gasteiger partial charge in [0.05, 0.1) is 16.1 Å². The molecule has 0 fully saturated rings. The van der Waals surface area contributed by atoms with E-state index in [1.165, 1.54) is 0 Å². The molecule has 1 amide bonds. The lowest BCUT2D eigenvalue weighted by Crippen LogP contribution is -2.52. The summed E-state index contributed by atoms with van der Waals surface area (Å²) in [6.07, 6.45) is 0.565. The number of nitrogens with two attached hydrogens (primary N) is 2. The molecule has 0 bridgehead atoms. The Balaban J connectivity index is 2.49. The molecule has 0 spiro atoms. The molecule has 0 aromatic heterocycles. The molecular weight excluding hydrogens is 319 g/mol. The summed E-state index contributed by atoms with van der Waals surface area (Å²) in [7, 11) is 0. The van der Waals surface area contributed by atoms with Gasteiger partial charge in [-0.3, -0.25) is 4.79 Å². The second kappa shape index (κ2) is 6.69. The Morgan fingerprint density at radius 2 is 1.77 bits per heavy atom. The highest BCUT2D eigenvalue weighted by atomic mass is 35.5. The Kier molecular flexibility index (Phi) is 5.12. The summed E-state index contributed by atoms with van der Waals surface area (Å²) in [6.45, 7) is 1.91. The molecule has 2 aromatic rings. The van der Waals surface area contributed by atoms with E-state index in [9.17, 15) is 4.79 Å². The maximum absolute atomic E-state index is 11.7. The van der Waals surface area contributed by atoms with Gasteiger partial charge in [0.25, 0.3) is 0 Å².